The lowest BCUT2D eigenvalue weighted by Gasteiger charge is -2.22. The Kier molecular flexibility index (Phi) is 5.90. The summed E-state index contributed by atoms with van der Waals surface area (Å²) in [7, 11) is 0. The molecule has 1 atom stereocenters. The van der Waals surface area contributed by atoms with E-state index in [9.17, 15) is 18.8 Å². The third kappa shape index (κ3) is 4.14. The Morgan fingerprint density at radius 2 is 1.91 bits per heavy atom. The number of hydrogen-bond acceptors (Lipinski definition) is 6. The largest absolute Gasteiger partial charge is 0.334 e. The Morgan fingerprint density at radius 3 is 2.56 bits per heavy atom. The van der Waals surface area contributed by atoms with Gasteiger partial charge in [0.1, 0.15) is 17.9 Å². The van der Waals surface area contributed by atoms with Crippen molar-refractivity contribution in [2.45, 2.75) is 39.2 Å². The Hall–Kier alpha value is -4.08. The molecule has 1 aliphatic heterocycles. The lowest BCUT2D eigenvalue weighted by molar-refractivity contribution is -0.133. The summed E-state index contributed by atoms with van der Waals surface area (Å²) in [5.74, 6) is -0.796. The van der Waals surface area contributed by atoms with Gasteiger partial charge in [0.25, 0.3) is 11.8 Å². The molecule has 0 saturated carbocycles. The molecule has 0 bridgehead atoms. The van der Waals surface area contributed by atoms with Crippen molar-refractivity contribution in [3.05, 3.63) is 65.2 Å². The first-order valence-corrected chi connectivity index (χ1v) is 10.7. The van der Waals surface area contributed by atoms with E-state index in [1.165, 1.54) is 31.2 Å². The molecule has 2 aromatic carbocycles. The molecule has 1 aromatic heterocycles. The molecule has 10 heteroatoms. The van der Waals surface area contributed by atoms with Crippen molar-refractivity contribution in [2.75, 3.05) is 11.9 Å². The maximum absolute atomic E-state index is 13.3. The highest BCUT2D eigenvalue weighted by molar-refractivity contribution is 6.10. The van der Waals surface area contributed by atoms with E-state index in [1.807, 2.05) is 13.8 Å². The van der Waals surface area contributed by atoms with E-state index in [1.54, 1.807) is 25.1 Å². The third-order valence-electron chi connectivity index (χ3n) is 5.72. The Bertz CT molecular complexity index is 1270. The summed E-state index contributed by atoms with van der Waals surface area (Å²) in [6.45, 7) is 6.69. The number of anilines is 1. The number of para-hydroxylation sites is 1. The number of imide groups is 1. The minimum Gasteiger partial charge on any atom is -0.334 e. The van der Waals surface area contributed by atoms with Crippen LogP contribution in [0, 0.1) is 12.7 Å². The van der Waals surface area contributed by atoms with Gasteiger partial charge in [0.15, 0.2) is 5.82 Å². The van der Waals surface area contributed by atoms with Crippen molar-refractivity contribution in [3.63, 3.8) is 0 Å². The van der Waals surface area contributed by atoms with Gasteiger partial charge in [-0.25, -0.2) is 9.18 Å². The SMILES string of the molecule is Cc1cccc(-c2nc(C(C)C)no2)c1NC(=O)CN1C(=O)NC(C)(c2ccc(F)cc2)C1=O. The van der Waals surface area contributed by atoms with Crippen molar-refractivity contribution < 1.29 is 23.3 Å². The number of urea groups is 1. The number of aryl methyl sites for hydroxylation is 1. The predicted octanol–water partition coefficient (Wildman–Crippen LogP) is 3.71. The third-order valence-corrected chi connectivity index (χ3v) is 5.72. The molecular weight excluding hydrogens is 441 g/mol. The van der Waals surface area contributed by atoms with Gasteiger partial charge in [0.05, 0.1) is 11.3 Å². The van der Waals surface area contributed by atoms with Crippen molar-refractivity contribution in [3.8, 4) is 11.5 Å². The van der Waals surface area contributed by atoms with Gasteiger partial charge >= 0.3 is 6.03 Å². The number of rotatable bonds is 6. The smallest absolute Gasteiger partial charge is 0.325 e. The second-order valence-corrected chi connectivity index (χ2v) is 8.61. The van der Waals surface area contributed by atoms with E-state index in [0.717, 1.165) is 10.5 Å². The predicted molar refractivity (Wildman–Crippen MR) is 121 cm³/mol. The van der Waals surface area contributed by atoms with E-state index in [2.05, 4.69) is 20.8 Å². The minimum absolute atomic E-state index is 0.0652. The lowest BCUT2D eigenvalue weighted by Crippen LogP contribution is -2.42. The van der Waals surface area contributed by atoms with Crippen LogP contribution in [0.25, 0.3) is 11.5 Å². The summed E-state index contributed by atoms with van der Waals surface area (Å²) < 4.78 is 18.7. The first-order chi connectivity index (χ1) is 16.1. The van der Waals surface area contributed by atoms with Crippen molar-refractivity contribution in [2.24, 2.45) is 0 Å². The summed E-state index contributed by atoms with van der Waals surface area (Å²) >= 11 is 0. The van der Waals surface area contributed by atoms with Gasteiger partial charge in [-0.3, -0.25) is 14.5 Å². The molecule has 1 fully saturated rings. The van der Waals surface area contributed by atoms with Crippen molar-refractivity contribution in [1.29, 1.82) is 0 Å². The van der Waals surface area contributed by atoms with Crippen LogP contribution in [0.5, 0.6) is 0 Å². The normalized spacial score (nSPS) is 17.9. The minimum atomic E-state index is -1.41. The summed E-state index contributed by atoms with van der Waals surface area (Å²) in [5.41, 5.74) is 0.716. The molecular formula is C24H24FN5O4. The van der Waals surface area contributed by atoms with Crippen LogP contribution >= 0.6 is 0 Å². The van der Waals surface area contributed by atoms with Crippen LogP contribution in [-0.2, 0) is 15.1 Å². The van der Waals surface area contributed by atoms with Gasteiger partial charge in [-0.05, 0) is 43.2 Å². The van der Waals surface area contributed by atoms with Crippen LogP contribution in [0.2, 0.25) is 0 Å². The zero-order chi connectivity index (χ0) is 24.6. The molecule has 0 spiro atoms. The number of nitrogens with one attached hydrogen (secondary N) is 2. The summed E-state index contributed by atoms with van der Waals surface area (Å²) in [5, 5.41) is 9.33. The number of amides is 4. The van der Waals surface area contributed by atoms with Gasteiger partial charge in [-0.2, -0.15) is 4.98 Å². The first-order valence-electron chi connectivity index (χ1n) is 10.7. The van der Waals surface area contributed by atoms with Gasteiger partial charge in [0, 0.05) is 5.92 Å². The summed E-state index contributed by atoms with van der Waals surface area (Å²) in [4.78, 5) is 43.7. The standard InChI is InChI=1S/C24H24FN5O4/c1-13(2)20-27-21(34-29-20)17-7-5-6-14(3)19(17)26-18(31)12-30-22(32)24(4,28-23(30)33)15-8-10-16(25)11-9-15/h5-11,13H,12H2,1-4H3,(H,26,31)(H,28,33). The highest BCUT2D eigenvalue weighted by Gasteiger charge is 2.49. The molecule has 1 unspecified atom stereocenters. The molecule has 4 amide bonds. The number of carbonyl (C=O) groups is 3. The second kappa shape index (κ2) is 8.69. The molecule has 2 heterocycles. The molecule has 0 radical (unpaired) electrons. The molecule has 34 heavy (non-hydrogen) atoms. The van der Waals surface area contributed by atoms with Gasteiger partial charge in [-0.15, -0.1) is 0 Å². The molecule has 9 nitrogen and oxygen atoms in total. The van der Waals surface area contributed by atoms with Crippen molar-refractivity contribution >= 4 is 23.5 Å². The van der Waals surface area contributed by atoms with Crippen LogP contribution in [0.3, 0.4) is 0 Å². The average molecular weight is 465 g/mol. The fourth-order valence-electron chi connectivity index (χ4n) is 3.73. The number of nitrogens with zero attached hydrogens (tertiary/aromatic N) is 3. The Morgan fingerprint density at radius 1 is 1.21 bits per heavy atom. The number of hydrogen-bond donors (Lipinski definition) is 2. The van der Waals surface area contributed by atoms with E-state index < -0.39 is 35.7 Å². The number of carbonyl (C=O) groups excluding carboxylic acids is 3. The van der Waals surface area contributed by atoms with E-state index in [-0.39, 0.29) is 11.8 Å². The fraction of sp³-hybridized carbons (Fsp3) is 0.292. The Labute approximate surface area is 195 Å². The van der Waals surface area contributed by atoms with Gasteiger partial charge in [0.2, 0.25) is 5.91 Å². The quantitative estimate of drug-likeness (QED) is 0.536. The molecule has 1 aliphatic rings. The molecule has 1 saturated heterocycles. The van der Waals surface area contributed by atoms with Crippen LogP contribution < -0.4 is 10.6 Å². The Balaban J connectivity index is 1.55. The maximum atomic E-state index is 13.3. The van der Waals surface area contributed by atoms with Crippen LogP contribution in [0.4, 0.5) is 14.9 Å². The van der Waals surface area contributed by atoms with Crippen LogP contribution in [0.1, 0.15) is 43.6 Å². The first kappa shape index (κ1) is 23.1. The zero-order valence-corrected chi connectivity index (χ0v) is 19.2. The van der Waals surface area contributed by atoms with Crippen LogP contribution in [0.15, 0.2) is 47.0 Å². The second-order valence-electron chi connectivity index (χ2n) is 8.61. The van der Waals surface area contributed by atoms with Crippen molar-refractivity contribution in [1.82, 2.24) is 20.4 Å². The fourth-order valence-corrected chi connectivity index (χ4v) is 3.73. The summed E-state index contributed by atoms with van der Waals surface area (Å²) in [6, 6.07) is 9.88. The van der Waals surface area contributed by atoms with Gasteiger partial charge < -0.3 is 15.2 Å². The molecule has 2 N–H and O–H groups in total. The maximum Gasteiger partial charge on any atom is 0.325 e. The average Bonchev–Trinajstić information content (AvgIpc) is 3.36. The number of halogens is 1. The van der Waals surface area contributed by atoms with Crippen LogP contribution in [-0.4, -0.2) is 39.4 Å². The van der Waals surface area contributed by atoms with Gasteiger partial charge in [-0.1, -0.05) is 43.3 Å². The van der Waals surface area contributed by atoms with E-state index in [0.29, 0.717) is 22.6 Å². The summed E-state index contributed by atoms with van der Waals surface area (Å²) in [6.07, 6.45) is 0. The molecule has 4 rings (SSSR count). The molecule has 176 valence electrons. The zero-order valence-electron chi connectivity index (χ0n) is 19.2. The number of benzene rings is 2. The highest BCUT2D eigenvalue weighted by Crippen LogP contribution is 2.32. The van der Waals surface area contributed by atoms with E-state index >= 15 is 0 Å². The lowest BCUT2D eigenvalue weighted by atomic mass is 9.92. The highest BCUT2D eigenvalue weighted by atomic mass is 19.1. The number of aromatic nitrogens is 2. The molecule has 0 aliphatic carbocycles. The van der Waals surface area contributed by atoms with E-state index in [4.69, 9.17) is 4.52 Å². The molecule has 3 aromatic rings. The monoisotopic (exact) mass is 465 g/mol. The topological polar surface area (TPSA) is 117 Å².